The minimum Gasteiger partial charge on any atom is -0.497 e. The van der Waals surface area contributed by atoms with E-state index in [1.165, 1.54) is 49.6 Å². The van der Waals surface area contributed by atoms with Gasteiger partial charge in [-0.3, -0.25) is 48.1 Å². The fraction of sp³-hybridized carbons (Fsp3) is 0.719. The molecular weight excluding hydrogens is 1010 g/mol. The van der Waals surface area contributed by atoms with Crippen LogP contribution in [0.25, 0.3) is 0 Å². The van der Waals surface area contributed by atoms with E-state index in [9.17, 15) is 53.1 Å². The number of methoxy groups -OCH3 is 1. The van der Waals surface area contributed by atoms with Gasteiger partial charge in [-0.15, -0.1) is 0 Å². The largest absolute Gasteiger partial charge is 0.497 e. The number of likely N-dealkylation sites (tertiary alicyclic amines) is 1. The number of likely N-dealkylation sites (N-methyl/N-ethyl adjacent to an activating group) is 2. The summed E-state index contributed by atoms with van der Waals surface area (Å²) in [5.74, 6) is -9.56. The van der Waals surface area contributed by atoms with E-state index in [2.05, 4.69) is 16.0 Å². The molecule has 4 N–H and O–H groups in total. The molecule has 0 radical (unpaired) electrons. The number of carbonyl (C=O) groups is 10. The Hall–Kier alpha value is -5.96. The van der Waals surface area contributed by atoms with Crippen molar-refractivity contribution in [1.29, 1.82) is 0 Å². The summed E-state index contributed by atoms with van der Waals surface area (Å²) in [7, 11) is 4.64. The van der Waals surface area contributed by atoms with Crippen molar-refractivity contribution in [2.75, 3.05) is 40.8 Å². The first-order valence-corrected chi connectivity index (χ1v) is 27.9. The first kappa shape index (κ1) is 64.6. The van der Waals surface area contributed by atoms with Crippen LogP contribution in [0.4, 0.5) is 0 Å². The Morgan fingerprint density at radius 3 is 2.09 bits per heavy atom. The third-order valence-corrected chi connectivity index (χ3v) is 15.5. The van der Waals surface area contributed by atoms with Gasteiger partial charge in [-0.2, -0.15) is 0 Å². The van der Waals surface area contributed by atoms with Crippen molar-refractivity contribution in [2.45, 2.75) is 195 Å². The molecule has 21 heteroatoms. The summed E-state index contributed by atoms with van der Waals surface area (Å²) in [5.41, 5.74) is 0.599. The van der Waals surface area contributed by atoms with Gasteiger partial charge in [-0.1, -0.05) is 73.9 Å². The van der Waals surface area contributed by atoms with Gasteiger partial charge in [0.1, 0.15) is 36.0 Å². The minimum atomic E-state index is -1.66. The molecule has 3 aliphatic rings. The molecule has 0 aromatic heterocycles. The Morgan fingerprint density at radius 1 is 0.872 bits per heavy atom. The van der Waals surface area contributed by atoms with E-state index >= 15 is 0 Å². The van der Waals surface area contributed by atoms with Crippen LogP contribution in [0.5, 0.6) is 5.75 Å². The zero-order valence-corrected chi connectivity index (χ0v) is 48.5. The monoisotopic (exact) mass is 1100 g/mol. The number of fused-ring (bicyclic) bond motifs is 1. The molecule has 1 aromatic rings. The predicted octanol–water partition coefficient (Wildman–Crippen LogP) is 3.00. The van der Waals surface area contributed by atoms with Crippen molar-refractivity contribution in [3.05, 3.63) is 29.8 Å². The number of aliphatic hydroxyl groups is 1. The summed E-state index contributed by atoms with van der Waals surface area (Å²) < 4.78 is 17.3. The summed E-state index contributed by atoms with van der Waals surface area (Å²) in [5, 5.41) is 20.3. The molecule has 0 bridgehead atoms. The Morgan fingerprint density at radius 2 is 1.51 bits per heavy atom. The second-order valence-electron chi connectivity index (χ2n) is 22.9. The molecule has 1 unspecified atom stereocenters. The van der Waals surface area contributed by atoms with Crippen LogP contribution < -0.4 is 20.7 Å². The average Bonchev–Trinajstić information content (AvgIpc) is 4.09. The summed E-state index contributed by atoms with van der Waals surface area (Å²) >= 11 is 0. The van der Waals surface area contributed by atoms with E-state index < -0.39 is 138 Å². The fourth-order valence-corrected chi connectivity index (χ4v) is 10.6. The van der Waals surface area contributed by atoms with Crippen LogP contribution in [0.15, 0.2) is 24.3 Å². The number of nitrogens with zero attached hydrogens (tertiary/aromatic N) is 4. The van der Waals surface area contributed by atoms with Crippen molar-refractivity contribution in [1.82, 2.24) is 35.6 Å². The Kier molecular flexibility index (Phi) is 24.3. The lowest BCUT2D eigenvalue weighted by atomic mass is 9.91. The van der Waals surface area contributed by atoms with Crippen molar-refractivity contribution < 1.29 is 67.3 Å². The number of ketones is 2. The van der Waals surface area contributed by atoms with Gasteiger partial charge >= 0.3 is 11.9 Å². The molecule has 1 aromatic carbocycles. The number of aliphatic hydroxyl groups excluding tert-OH is 1. The zero-order chi connectivity index (χ0) is 58.5. The molecule has 3 saturated heterocycles. The highest BCUT2D eigenvalue weighted by Gasteiger charge is 2.45. The number of amides is 6. The number of ether oxygens (including phenoxy) is 3. The van der Waals surface area contributed by atoms with Crippen LogP contribution in [0, 0.1) is 29.6 Å². The first-order chi connectivity index (χ1) is 36.6. The zero-order valence-electron chi connectivity index (χ0n) is 48.5. The van der Waals surface area contributed by atoms with Crippen molar-refractivity contribution in [2.24, 2.45) is 29.6 Å². The SMILES string of the molecule is CC[C@H](C)[C@H]1NC(=O)[C@@H](NC(=O)[C@@H](CC(C)C)N(C)C[C@H]2CCCN2C(=O)C(C)=O)[C@@H](C)OC(=O)[C@H](Cc2ccc(OC)cc2)N(C)C(=O)C2CCCN2C(=O)[C@H](CC(C)C)NC(=O)[C@@H](C)C(=O)[C@H](C(C)C)OC(=O)C[C@@H]1O. The third kappa shape index (κ3) is 17.0. The molecule has 3 heterocycles. The van der Waals surface area contributed by atoms with Gasteiger partial charge in [-0.25, -0.2) is 4.79 Å². The van der Waals surface area contributed by atoms with E-state index in [0.717, 1.165) is 0 Å². The van der Waals surface area contributed by atoms with Gasteiger partial charge in [0.15, 0.2) is 11.9 Å². The topological polar surface area (TPSA) is 268 Å². The second-order valence-corrected chi connectivity index (χ2v) is 22.9. The Bertz CT molecular complexity index is 2290. The average molecular weight is 1100 g/mol. The molecule has 0 aliphatic carbocycles. The quantitative estimate of drug-likeness (QED) is 0.105. The second kappa shape index (κ2) is 29.3. The van der Waals surface area contributed by atoms with Crippen molar-refractivity contribution in [3.63, 3.8) is 0 Å². The van der Waals surface area contributed by atoms with E-state index in [-0.39, 0.29) is 56.7 Å². The number of nitrogens with one attached hydrogen (secondary N) is 3. The van der Waals surface area contributed by atoms with Gasteiger partial charge in [0.25, 0.3) is 5.91 Å². The number of hydrogen-bond acceptors (Lipinski definition) is 15. The number of carbonyl (C=O) groups excluding carboxylic acids is 10. The highest BCUT2D eigenvalue weighted by Crippen LogP contribution is 2.27. The van der Waals surface area contributed by atoms with Crippen molar-refractivity contribution in [3.8, 4) is 5.75 Å². The van der Waals surface area contributed by atoms with Crippen LogP contribution in [0.1, 0.15) is 133 Å². The minimum absolute atomic E-state index is 0.0585. The maximum atomic E-state index is 15.0. The molecule has 12 atom stereocenters. The van der Waals surface area contributed by atoms with Crippen LogP contribution in [0.2, 0.25) is 0 Å². The summed E-state index contributed by atoms with van der Waals surface area (Å²) in [6.45, 7) is 19.1. The summed E-state index contributed by atoms with van der Waals surface area (Å²) in [6.07, 6.45) is -2.59. The standard InChI is InChI=1S/C57H89N7O14/c1-15-34(8)47-45(66)29-46(67)78-50(33(6)7)49(68)35(9)51(69)58-41(26-31(2)3)55(73)64-25-17-19-42(64)56(74)62(13)44(28-38-20-22-40(76-14)23-21-38)57(75)77-37(11)48(53(71)59-47)60-52(70)43(27-32(4)5)61(12)30-39-18-16-24-63(39)54(72)36(10)65/h20-23,31-35,37,39,41-45,47-48,50,66H,15-19,24-30H2,1-14H3,(H,58,69)(H,59,71)(H,60,70)/t34-,35-,37+,39+,41-,42?,43+,44-,45-,47+,48-,50-/m0/s1. The van der Waals surface area contributed by atoms with Gasteiger partial charge in [0.2, 0.25) is 35.3 Å². The Balaban J connectivity index is 1.87. The number of benzene rings is 1. The van der Waals surface area contributed by atoms with E-state index in [1.807, 2.05) is 34.6 Å². The lowest BCUT2D eigenvalue weighted by Gasteiger charge is -2.36. The normalized spacial score (nSPS) is 27.6. The number of Topliss-reactive ketones (excluding diaryl/α,β-unsaturated/α-hetero) is 2. The van der Waals surface area contributed by atoms with Crippen LogP contribution in [-0.2, 0) is 63.8 Å². The van der Waals surface area contributed by atoms with E-state index in [4.69, 9.17) is 14.2 Å². The molecule has 78 heavy (non-hydrogen) atoms. The molecule has 0 saturated carbocycles. The van der Waals surface area contributed by atoms with Crippen LogP contribution in [0.3, 0.4) is 0 Å². The van der Waals surface area contributed by atoms with Gasteiger partial charge in [0.05, 0.1) is 37.6 Å². The first-order valence-electron chi connectivity index (χ1n) is 27.9. The molecule has 3 aliphatic heterocycles. The summed E-state index contributed by atoms with van der Waals surface area (Å²) in [4.78, 5) is 147. The van der Waals surface area contributed by atoms with E-state index in [0.29, 0.717) is 43.5 Å². The van der Waals surface area contributed by atoms with E-state index in [1.54, 1.807) is 57.0 Å². The predicted molar refractivity (Wildman–Crippen MR) is 289 cm³/mol. The maximum absolute atomic E-state index is 15.0. The summed E-state index contributed by atoms with van der Waals surface area (Å²) in [6, 6.07) is -0.897. The molecular formula is C57H89N7O14. The number of hydrogen-bond donors (Lipinski definition) is 4. The number of cyclic esters (lactones) is 2. The molecule has 3 fully saturated rings. The lowest BCUT2D eigenvalue weighted by molar-refractivity contribution is -0.163. The Labute approximate surface area is 460 Å². The van der Waals surface area contributed by atoms with Crippen LogP contribution in [-0.4, -0.2) is 185 Å². The highest BCUT2D eigenvalue weighted by atomic mass is 16.6. The number of rotatable bonds is 16. The van der Waals surface area contributed by atoms with Gasteiger partial charge < -0.3 is 50.0 Å². The van der Waals surface area contributed by atoms with Crippen molar-refractivity contribution >= 4 is 58.9 Å². The number of esters is 2. The van der Waals surface area contributed by atoms with Crippen LogP contribution >= 0.6 is 0 Å². The lowest BCUT2D eigenvalue weighted by Crippen LogP contribution is -2.61. The van der Waals surface area contributed by atoms with Gasteiger partial charge in [-0.05, 0) is 101 Å². The molecule has 6 amide bonds. The van der Waals surface area contributed by atoms with Gasteiger partial charge in [0, 0.05) is 46.1 Å². The molecule has 21 nitrogen and oxygen atoms in total. The maximum Gasteiger partial charge on any atom is 0.329 e. The molecule has 0 spiro atoms. The molecule has 4 rings (SSSR count). The smallest absolute Gasteiger partial charge is 0.329 e. The molecule has 436 valence electrons. The fourth-order valence-electron chi connectivity index (χ4n) is 10.6. The third-order valence-electron chi connectivity index (χ3n) is 15.5. The highest BCUT2D eigenvalue weighted by molar-refractivity contribution is 6.35.